The first-order chi connectivity index (χ1) is 11.6. The van der Waals surface area contributed by atoms with E-state index in [2.05, 4.69) is 31.4 Å². The largest absolute Gasteiger partial charge is 0.496 e. The summed E-state index contributed by atoms with van der Waals surface area (Å²) in [6.45, 7) is 0. The lowest BCUT2D eigenvalue weighted by molar-refractivity contribution is 0.102. The van der Waals surface area contributed by atoms with Crippen molar-refractivity contribution in [3.8, 4) is 16.3 Å². The molecular weight excluding hydrogens is 414 g/mol. The maximum Gasteiger partial charge on any atom is 0.261 e. The van der Waals surface area contributed by atoms with Crippen molar-refractivity contribution in [1.82, 2.24) is 10.2 Å². The molecule has 0 saturated heterocycles. The summed E-state index contributed by atoms with van der Waals surface area (Å²) in [6.07, 6.45) is 0. The summed E-state index contributed by atoms with van der Waals surface area (Å²) in [5, 5.41) is 12.4. The second-order valence-electron chi connectivity index (χ2n) is 4.72. The molecule has 2 aromatic carbocycles. The van der Waals surface area contributed by atoms with Crippen LogP contribution < -0.4 is 10.1 Å². The number of anilines is 1. The fourth-order valence-corrected chi connectivity index (χ4v) is 3.19. The molecule has 0 fully saturated rings. The number of nitrogens with zero attached hydrogens (tertiary/aromatic N) is 2. The number of carbonyl (C=O) groups is 1. The first kappa shape index (κ1) is 16.9. The summed E-state index contributed by atoms with van der Waals surface area (Å²) in [6, 6.07) is 12.6. The van der Waals surface area contributed by atoms with Gasteiger partial charge in [-0.25, -0.2) is 0 Å². The third-order valence-corrected chi connectivity index (χ3v) is 4.79. The van der Waals surface area contributed by atoms with Crippen molar-refractivity contribution in [3.63, 3.8) is 0 Å². The van der Waals surface area contributed by atoms with Crippen molar-refractivity contribution >= 4 is 49.9 Å². The van der Waals surface area contributed by atoms with E-state index in [4.69, 9.17) is 16.3 Å². The van der Waals surface area contributed by atoms with Crippen LogP contribution in [0.1, 0.15) is 10.4 Å². The summed E-state index contributed by atoms with van der Waals surface area (Å²) in [7, 11) is 1.50. The third kappa shape index (κ3) is 3.75. The lowest BCUT2D eigenvalue weighted by atomic mass is 10.2. The fraction of sp³-hybridized carbons (Fsp3) is 0.0625. The lowest BCUT2D eigenvalue weighted by Crippen LogP contribution is -2.13. The van der Waals surface area contributed by atoms with Crippen molar-refractivity contribution in [2.45, 2.75) is 0 Å². The summed E-state index contributed by atoms with van der Waals surface area (Å²) < 4.78 is 6.17. The Morgan fingerprint density at radius 2 is 1.96 bits per heavy atom. The fourth-order valence-electron chi connectivity index (χ4n) is 2.00. The number of nitrogens with one attached hydrogen (secondary N) is 1. The van der Waals surface area contributed by atoms with Crippen LogP contribution in [0, 0.1) is 0 Å². The number of halogens is 2. The predicted molar refractivity (Wildman–Crippen MR) is 99.0 cm³/mol. The molecule has 1 amide bonds. The minimum atomic E-state index is -0.354. The van der Waals surface area contributed by atoms with Crippen LogP contribution in [0.15, 0.2) is 46.9 Å². The zero-order valence-electron chi connectivity index (χ0n) is 12.4. The Hall–Kier alpha value is -1.96. The molecule has 0 aliphatic rings. The SMILES string of the molecule is COc1ccc(Cl)cc1C(=O)Nc1nnc(-c2ccc(Br)cc2)s1. The van der Waals surface area contributed by atoms with Gasteiger partial charge < -0.3 is 4.74 Å². The average molecular weight is 425 g/mol. The number of rotatable bonds is 4. The molecule has 8 heteroatoms. The zero-order valence-corrected chi connectivity index (χ0v) is 15.6. The molecule has 3 rings (SSSR count). The molecule has 0 aliphatic heterocycles. The highest BCUT2D eigenvalue weighted by molar-refractivity contribution is 9.10. The van der Waals surface area contributed by atoms with Crippen LogP contribution in [-0.4, -0.2) is 23.2 Å². The highest BCUT2D eigenvalue weighted by Gasteiger charge is 2.15. The molecule has 0 aliphatic carbocycles. The van der Waals surface area contributed by atoms with Gasteiger partial charge in [0, 0.05) is 15.1 Å². The quantitative estimate of drug-likeness (QED) is 0.648. The molecule has 1 heterocycles. The van der Waals surface area contributed by atoms with Gasteiger partial charge >= 0.3 is 0 Å². The number of amides is 1. The molecule has 5 nitrogen and oxygen atoms in total. The normalized spacial score (nSPS) is 10.5. The van der Waals surface area contributed by atoms with Gasteiger partial charge in [0.2, 0.25) is 5.13 Å². The van der Waals surface area contributed by atoms with Gasteiger partial charge in [-0.3, -0.25) is 10.1 Å². The molecule has 0 spiro atoms. The van der Waals surface area contributed by atoms with Crippen molar-refractivity contribution in [2.75, 3.05) is 12.4 Å². The molecule has 0 radical (unpaired) electrons. The van der Waals surface area contributed by atoms with Gasteiger partial charge in [-0.15, -0.1) is 10.2 Å². The minimum absolute atomic E-state index is 0.338. The Kier molecular flexibility index (Phi) is 5.13. The summed E-state index contributed by atoms with van der Waals surface area (Å²) in [5.74, 6) is 0.0856. The van der Waals surface area contributed by atoms with Crippen LogP contribution in [0.25, 0.3) is 10.6 Å². The molecule has 122 valence electrons. The van der Waals surface area contributed by atoms with Crippen LogP contribution in [-0.2, 0) is 0 Å². The number of carbonyl (C=O) groups excluding carboxylic acids is 1. The molecule has 1 aromatic heterocycles. The Morgan fingerprint density at radius 3 is 2.67 bits per heavy atom. The Balaban J connectivity index is 1.81. The molecular formula is C16H11BrClN3O2S. The second-order valence-corrected chi connectivity index (χ2v) is 7.05. The van der Waals surface area contributed by atoms with E-state index in [1.807, 2.05) is 24.3 Å². The van der Waals surface area contributed by atoms with Crippen LogP contribution in [0.5, 0.6) is 5.75 Å². The molecule has 3 aromatic rings. The van der Waals surface area contributed by atoms with Crippen LogP contribution in [0.4, 0.5) is 5.13 Å². The Labute approximate surface area is 155 Å². The lowest BCUT2D eigenvalue weighted by Gasteiger charge is -2.07. The summed E-state index contributed by atoms with van der Waals surface area (Å²) >= 11 is 10.6. The van der Waals surface area contributed by atoms with E-state index in [0.29, 0.717) is 21.5 Å². The number of hydrogen-bond acceptors (Lipinski definition) is 5. The highest BCUT2D eigenvalue weighted by Crippen LogP contribution is 2.29. The van der Waals surface area contributed by atoms with Crippen molar-refractivity contribution in [1.29, 1.82) is 0 Å². The highest BCUT2D eigenvalue weighted by atomic mass is 79.9. The molecule has 0 unspecified atom stereocenters. The van der Waals surface area contributed by atoms with E-state index < -0.39 is 0 Å². The van der Waals surface area contributed by atoms with Crippen LogP contribution in [0.3, 0.4) is 0 Å². The maximum absolute atomic E-state index is 12.4. The first-order valence-electron chi connectivity index (χ1n) is 6.81. The van der Waals surface area contributed by atoms with Crippen LogP contribution in [0.2, 0.25) is 5.02 Å². The topological polar surface area (TPSA) is 64.1 Å². The van der Waals surface area contributed by atoms with Gasteiger partial charge in [-0.2, -0.15) is 0 Å². The Morgan fingerprint density at radius 1 is 1.21 bits per heavy atom. The van der Waals surface area contributed by atoms with Crippen molar-refractivity contribution in [3.05, 3.63) is 57.5 Å². The van der Waals surface area contributed by atoms with E-state index in [0.717, 1.165) is 15.0 Å². The van der Waals surface area contributed by atoms with Gasteiger partial charge in [0.25, 0.3) is 5.91 Å². The Bertz CT molecular complexity index is 883. The third-order valence-electron chi connectivity index (χ3n) is 3.14. The molecule has 0 atom stereocenters. The standard InChI is InChI=1S/C16H11BrClN3O2S/c1-23-13-7-6-11(18)8-12(13)14(22)19-16-21-20-15(24-16)9-2-4-10(17)5-3-9/h2-8H,1H3,(H,19,21,22). The number of ether oxygens (including phenoxy) is 1. The number of methoxy groups -OCH3 is 1. The summed E-state index contributed by atoms with van der Waals surface area (Å²) in [4.78, 5) is 12.4. The number of hydrogen-bond donors (Lipinski definition) is 1. The number of benzene rings is 2. The van der Waals surface area contributed by atoms with Gasteiger partial charge in [0.1, 0.15) is 10.8 Å². The minimum Gasteiger partial charge on any atom is -0.496 e. The predicted octanol–water partition coefficient (Wildman–Crippen LogP) is 4.88. The van der Waals surface area contributed by atoms with E-state index in [1.165, 1.54) is 18.4 Å². The van der Waals surface area contributed by atoms with Gasteiger partial charge in [-0.1, -0.05) is 51.0 Å². The van der Waals surface area contributed by atoms with Crippen molar-refractivity contribution < 1.29 is 9.53 Å². The maximum atomic E-state index is 12.4. The first-order valence-corrected chi connectivity index (χ1v) is 8.80. The van der Waals surface area contributed by atoms with Crippen molar-refractivity contribution in [2.24, 2.45) is 0 Å². The van der Waals surface area contributed by atoms with E-state index in [9.17, 15) is 4.79 Å². The van der Waals surface area contributed by atoms with E-state index in [-0.39, 0.29) is 5.91 Å². The molecule has 0 saturated carbocycles. The average Bonchev–Trinajstić information content (AvgIpc) is 3.04. The monoisotopic (exact) mass is 423 g/mol. The van der Waals surface area contributed by atoms with Gasteiger partial charge in [0.15, 0.2) is 0 Å². The van der Waals surface area contributed by atoms with Crippen LogP contribution >= 0.6 is 38.9 Å². The van der Waals surface area contributed by atoms with E-state index >= 15 is 0 Å². The van der Waals surface area contributed by atoms with Gasteiger partial charge in [-0.05, 0) is 30.3 Å². The molecule has 0 bridgehead atoms. The smallest absolute Gasteiger partial charge is 0.261 e. The summed E-state index contributed by atoms with van der Waals surface area (Å²) in [5.41, 5.74) is 1.27. The molecule has 24 heavy (non-hydrogen) atoms. The molecule has 1 N–H and O–H groups in total. The van der Waals surface area contributed by atoms with Gasteiger partial charge in [0.05, 0.1) is 12.7 Å². The second kappa shape index (κ2) is 7.29. The zero-order chi connectivity index (χ0) is 17.1. The number of aromatic nitrogens is 2. The van der Waals surface area contributed by atoms with E-state index in [1.54, 1.807) is 18.2 Å².